The molecule has 5 rings (SSSR count). The molecule has 0 unspecified atom stereocenters. The molecule has 3 aromatic carbocycles. The second kappa shape index (κ2) is 14.9. The van der Waals surface area contributed by atoms with Crippen LogP contribution in [0.4, 0.5) is 4.79 Å². The van der Waals surface area contributed by atoms with E-state index in [9.17, 15) is 23.1 Å². The molecule has 4 aromatic rings. The van der Waals surface area contributed by atoms with Gasteiger partial charge in [0.25, 0.3) is 10.0 Å². The zero-order valence-corrected chi connectivity index (χ0v) is 27.4. The fourth-order valence-corrected chi connectivity index (χ4v) is 6.04. The van der Waals surface area contributed by atoms with Gasteiger partial charge < -0.3 is 28.8 Å². The summed E-state index contributed by atoms with van der Waals surface area (Å²) < 4.78 is 56.3. The number of imidazole rings is 1. The Kier molecular flexibility index (Phi) is 10.5. The fourth-order valence-electron chi connectivity index (χ4n) is 5.13. The lowest BCUT2D eigenvalue weighted by Gasteiger charge is -2.17. The third kappa shape index (κ3) is 7.72. The van der Waals surface area contributed by atoms with Crippen molar-refractivity contribution in [3.8, 4) is 28.7 Å². The molecule has 0 bridgehead atoms. The molecule has 0 fully saturated rings. The molecule has 0 saturated heterocycles. The average molecular weight is 678 g/mol. The van der Waals surface area contributed by atoms with E-state index in [1.54, 1.807) is 47.2 Å². The zero-order chi connectivity index (χ0) is 34.3. The highest BCUT2D eigenvalue weighted by Gasteiger charge is 2.23. The van der Waals surface area contributed by atoms with E-state index >= 15 is 0 Å². The number of hydrogen-bond donors (Lipinski definition) is 2. The molecule has 0 radical (unpaired) electrons. The molecule has 13 nitrogen and oxygen atoms in total. The summed E-state index contributed by atoms with van der Waals surface area (Å²) in [6.45, 7) is 1.77. The van der Waals surface area contributed by atoms with Crippen LogP contribution in [0.25, 0.3) is 11.8 Å². The predicted molar refractivity (Wildman–Crippen MR) is 174 cm³/mol. The molecule has 1 aliphatic heterocycles. The molecule has 0 saturated carbocycles. The number of carbonyl (C=O) groups is 2. The maximum Gasteiger partial charge on any atom is 0.421 e. The molecular weight excluding hydrogens is 642 g/mol. The van der Waals surface area contributed by atoms with Crippen LogP contribution in [-0.2, 0) is 39.0 Å². The number of carbonyl (C=O) groups excluding carboxylic acids is 1. The Morgan fingerprint density at radius 3 is 2.46 bits per heavy atom. The SMILES string of the molecule is CCCCc1ncc(/C=C(\Cc2cc3c(cc2OC)OCO3)C(=O)O)n1-c1ccc(OC)cc1COC(=O)NS(=O)(=O)c1ccccc1. The van der Waals surface area contributed by atoms with Crippen LogP contribution in [0.5, 0.6) is 23.0 Å². The number of ether oxygens (including phenoxy) is 5. The third-order valence-electron chi connectivity index (χ3n) is 7.53. The smallest absolute Gasteiger partial charge is 0.421 e. The van der Waals surface area contributed by atoms with Crippen LogP contribution in [0.3, 0.4) is 0 Å². The standard InChI is InChI=1S/C34H35N3O10S/c1-4-5-11-32-35-19-25(15-23(33(38)39)14-22-17-30-31(47-21-46-30)18-29(22)44-3)37(32)28-13-12-26(43-2)16-24(28)20-45-34(40)36-48(41,42)27-9-7-6-8-10-27/h6-10,12-13,15-19H,4-5,11,14,20-21H2,1-3H3,(H,36,40)(H,38,39)/b23-15+. The molecule has 1 amide bonds. The van der Waals surface area contributed by atoms with Gasteiger partial charge in [0.1, 0.15) is 23.9 Å². The molecule has 1 aromatic heterocycles. The van der Waals surface area contributed by atoms with Crippen molar-refractivity contribution >= 4 is 28.2 Å². The molecule has 14 heteroatoms. The van der Waals surface area contributed by atoms with Crippen molar-refractivity contribution in [2.24, 2.45) is 0 Å². The maximum atomic E-state index is 12.7. The first-order valence-electron chi connectivity index (χ1n) is 15.0. The lowest BCUT2D eigenvalue weighted by molar-refractivity contribution is -0.132. The van der Waals surface area contributed by atoms with Crippen molar-refractivity contribution < 1.29 is 46.8 Å². The number of carboxylic acids is 1. The van der Waals surface area contributed by atoms with Gasteiger partial charge in [0.15, 0.2) is 11.5 Å². The summed E-state index contributed by atoms with van der Waals surface area (Å²) in [6, 6.07) is 15.9. The molecule has 2 heterocycles. The number of methoxy groups -OCH3 is 2. The highest BCUT2D eigenvalue weighted by Crippen LogP contribution is 2.39. The third-order valence-corrected chi connectivity index (χ3v) is 8.86. The van der Waals surface area contributed by atoms with Crippen LogP contribution in [0.1, 0.15) is 42.4 Å². The van der Waals surface area contributed by atoms with E-state index in [1.807, 2.05) is 11.6 Å². The van der Waals surface area contributed by atoms with Crippen LogP contribution < -0.4 is 23.7 Å². The van der Waals surface area contributed by atoms with E-state index in [1.165, 1.54) is 44.6 Å². The summed E-state index contributed by atoms with van der Waals surface area (Å²) in [5.74, 6) is 1.42. The van der Waals surface area contributed by atoms with E-state index in [0.29, 0.717) is 57.8 Å². The minimum atomic E-state index is -4.16. The topological polar surface area (TPSA) is 165 Å². The van der Waals surface area contributed by atoms with Crippen molar-refractivity contribution in [1.29, 1.82) is 0 Å². The van der Waals surface area contributed by atoms with E-state index in [0.717, 1.165) is 12.8 Å². The summed E-state index contributed by atoms with van der Waals surface area (Å²) in [6.07, 6.45) is 4.21. The Morgan fingerprint density at radius 2 is 1.77 bits per heavy atom. The summed E-state index contributed by atoms with van der Waals surface area (Å²) in [7, 11) is -1.18. The molecule has 0 spiro atoms. The first-order valence-corrected chi connectivity index (χ1v) is 16.5. The van der Waals surface area contributed by atoms with Gasteiger partial charge in [0.2, 0.25) is 6.79 Å². The Hall–Kier alpha value is -5.50. The second-order valence-electron chi connectivity index (χ2n) is 10.7. The molecule has 0 aliphatic carbocycles. The molecule has 2 N–H and O–H groups in total. The van der Waals surface area contributed by atoms with E-state index < -0.39 is 22.1 Å². The Morgan fingerprint density at radius 1 is 1.02 bits per heavy atom. The number of rotatable bonds is 14. The van der Waals surface area contributed by atoms with Crippen molar-refractivity contribution in [2.75, 3.05) is 21.0 Å². The first-order chi connectivity index (χ1) is 23.1. The van der Waals surface area contributed by atoms with Gasteiger partial charge in [-0.05, 0) is 48.9 Å². The maximum absolute atomic E-state index is 12.7. The molecule has 1 aliphatic rings. The van der Waals surface area contributed by atoms with Gasteiger partial charge in [-0.3, -0.25) is 4.57 Å². The Bertz CT molecular complexity index is 1940. The average Bonchev–Trinajstić information content (AvgIpc) is 3.71. The minimum Gasteiger partial charge on any atom is -0.497 e. The lowest BCUT2D eigenvalue weighted by atomic mass is 10.0. The number of unbranched alkanes of at least 4 members (excludes halogenated alkanes) is 1. The van der Waals surface area contributed by atoms with Crippen LogP contribution in [-0.4, -0.2) is 56.2 Å². The number of hydrogen-bond acceptors (Lipinski definition) is 10. The quantitative estimate of drug-likeness (QED) is 0.167. The van der Waals surface area contributed by atoms with Crippen molar-refractivity contribution in [1.82, 2.24) is 14.3 Å². The van der Waals surface area contributed by atoms with E-state index in [4.69, 9.17) is 23.7 Å². The number of fused-ring (bicyclic) bond motifs is 1. The summed E-state index contributed by atoms with van der Waals surface area (Å²) >= 11 is 0. The predicted octanol–water partition coefficient (Wildman–Crippen LogP) is 5.29. The largest absolute Gasteiger partial charge is 0.497 e. The lowest BCUT2D eigenvalue weighted by Crippen LogP contribution is -2.31. The molecule has 0 atom stereocenters. The number of benzene rings is 3. The zero-order valence-electron chi connectivity index (χ0n) is 26.6. The van der Waals surface area contributed by atoms with Gasteiger partial charge in [-0.1, -0.05) is 31.5 Å². The van der Waals surface area contributed by atoms with Crippen LogP contribution in [0.15, 0.2) is 77.3 Å². The normalized spacial score (nSPS) is 12.4. The number of sulfonamides is 1. The fraction of sp³-hybridized carbons (Fsp3) is 0.265. The first kappa shape index (κ1) is 33.9. The number of aromatic nitrogens is 2. The monoisotopic (exact) mass is 677 g/mol. The number of amides is 1. The van der Waals surface area contributed by atoms with Crippen LogP contribution in [0.2, 0.25) is 0 Å². The van der Waals surface area contributed by atoms with Crippen LogP contribution in [0, 0.1) is 0 Å². The van der Waals surface area contributed by atoms with Gasteiger partial charge in [0.05, 0.1) is 36.7 Å². The van der Waals surface area contributed by atoms with Crippen molar-refractivity contribution in [3.63, 3.8) is 0 Å². The number of nitrogens with one attached hydrogen (secondary N) is 1. The highest BCUT2D eigenvalue weighted by atomic mass is 32.2. The van der Waals surface area contributed by atoms with E-state index in [2.05, 4.69) is 4.98 Å². The summed E-state index contributed by atoms with van der Waals surface area (Å²) in [5.41, 5.74) is 2.09. The van der Waals surface area contributed by atoms with Gasteiger partial charge in [0, 0.05) is 35.6 Å². The Labute approximate surface area is 277 Å². The van der Waals surface area contributed by atoms with Gasteiger partial charge in [-0.15, -0.1) is 0 Å². The minimum absolute atomic E-state index is 0.000734. The van der Waals surface area contributed by atoms with Gasteiger partial charge >= 0.3 is 12.1 Å². The number of aliphatic carboxylic acids is 1. The number of nitrogens with zero attached hydrogens (tertiary/aromatic N) is 2. The van der Waals surface area contributed by atoms with Crippen molar-refractivity contribution in [3.05, 3.63) is 95.1 Å². The second-order valence-corrected chi connectivity index (χ2v) is 12.4. The highest BCUT2D eigenvalue weighted by molar-refractivity contribution is 7.90. The summed E-state index contributed by atoms with van der Waals surface area (Å²) in [4.78, 5) is 29.8. The Balaban J connectivity index is 1.50. The van der Waals surface area contributed by atoms with Gasteiger partial charge in [-0.2, -0.15) is 0 Å². The number of aryl methyl sites for hydroxylation is 1. The van der Waals surface area contributed by atoms with Crippen molar-refractivity contribution in [2.45, 2.75) is 44.1 Å². The molecular formula is C34H35N3O10S. The number of carboxylic acid groups (broad SMARTS) is 1. The molecule has 252 valence electrons. The molecule has 48 heavy (non-hydrogen) atoms. The van der Waals surface area contributed by atoms with Crippen LogP contribution >= 0.6 is 0 Å². The van der Waals surface area contributed by atoms with Gasteiger partial charge in [-0.25, -0.2) is 27.7 Å². The summed E-state index contributed by atoms with van der Waals surface area (Å²) in [5, 5.41) is 10.3. The van der Waals surface area contributed by atoms with E-state index in [-0.39, 0.29) is 30.3 Å².